The minimum Gasteiger partial charge on any atom is -0.399 e. The minimum absolute atomic E-state index is 0.804. The van der Waals surface area contributed by atoms with Crippen molar-refractivity contribution in [1.29, 1.82) is 0 Å². The van der Waals surface area contributed by atoms with Gasteiger partial charge < -0.3 is 4.43 Å². The average Bonchev–Trinajstić information content (AvgIpc) is 2.11. The van der Waals surface area contributed by atoms with Gasteiger partial charge in [-0.05, 0) is 13.0 Å². The maximum Gasteiger partial charge on any atom is 0.336 e. The maximum absolute atomic E-state index is 5.63. The molecule has 0 saturated carbocycles. The summed E-state index contributed by atoms with van der Waals surface area (Å²) in [6.07, 6.45) is 8.12. The second-order valence-electron chi connectivity index (χ2n) is 3.59. The van der Waals surface area contributed by atoms with Crippen LogP contribution in [0.25, 0.3) is 0 Å². The van der Waals surface area contributed by atoms with Crippen LogP contribution in [0.2, 0.25) is 6.04 Å². The summed E-state index contributed by atoms with van der Waals surface area (Å²) >= 11 is 7.32. The summed E-state index contributed by atoms with van der Waals surface area (Å²) in [7, 11) is 0. The van der Waals surface area contributed by atoms with Crippen molar-refractivity contribution >= 4 is 36.1 Å². The third-order valence-electron chi connectivity index (χ3n) is 2.18. The molecule has 0 aliphatic heterocycles. The van der Waals surface area contributed by atoms with E-state index in [1.54, 1.807) is 0 Å². The van der Waals surface area contributed by atoms with E-state index >= 15 is 0 Å². The number of hydrogen-bond donors (Lipinski definition) is 0. The van der Waals surface area contributed by atoms with Crippen LogP contribution in [0.1, 0.15) is 52.4 Å². The van der Waals surface area contributed by atoms with Crippen LogP contribution < -0.4 is 0 Å². The second-order valence-corrected chi connectivity index (χ2v) is 16.5. The van der Waals surface area contributed by atoms with E-state index in [-0.39, 0.29) is 0 Å². The summed E-state index contributed by atoms with van der Waals surface area (Å²) in [6, 6.07) is 1.17. The summed E-state index contributed by atoms with van der Waals surface area (Å²) in [6.45, 7) is 5.11. The van der Waals surface area contributed by atoms with Gasteiger partial charge in [0, 0.05) is 6.61 Å². The fourth-order valence-corrected chi connectivity index (χ4v) is 5.68. The van der Waals surface area contributed by atoms with Crippen molar-refractivity contribution in [3.63, 3.8) is 0 Å². The Morgan fingerprint density at radius 3 is 2.07 bits per heavy atom. The summed E-state index contributed by atoms with van der Waals surface area (Å²) in [4.78, 5) is 0. The van der Waals surface area contributed by atoms with Crippen LogP contribution in [0, 0.1) is 0 Å². The number of hydrogen-bond acceptors (Lipinski definition) is 1. The molecule has 0 atom stereocenters. The number of rotatable bonds is 9. The van der Waals surface area contributed by atoms with Crippen LogP contribution in [0.4, 0.5) is 0 Å². The minimum atomic E-state index is -1.65. The fraction of sp³-hybridized carbons (Fsp3) is 1.00. The molecule has 1 nitrogen and oxygen atoms in total. The zero-order valence-electron chi connectivity index (χ0n) is 9.32. The van der Waals surface area contributed by atoms with Crippen LogP contribution in [-0.2, 0) is 4.43 Å². The Morgan fingerprint density at radius 1 is 0.929 bits per heavy atom. The monoisotopic (exact) mass is 344 g/mol. The molecule has 0 aromatic heterocycles. The van der Waals surface area contributed by atoms with Gasteiger partial charge in [-0.15, -0.1) is 0 Å². The Hall–Kier alpha value is 1.14. The molecule has 0 fully saturated rings. The van der Waals surface area contributed by atoms with Gasteiger partial charge in [-0.1, -0.05) is 76.0 Å². The molecule has 86 valence electrons. The van der Waals surface area contributed by atoms with E-state index in [9.17, 15) is 0 Å². The standard InChI is InChI=1S/C10H22Br2OSi/c1-3-5-6-7-8-9-10-14(11,12)13-4-2/h3-10H2,1-2H3. The van der Waals surface area contributed by atoms with Crippen LogP contribution in [0.3, 0.4) is 0 Å². The molecule has 0 amide bonds. The van der Waals surface area contributed by atoms with Crippen molar-refractivity contribution in [3.8, 4) is 0 Å². The predicted molar refractivity (Wildman–Crippen MR) is 73.4 cm³/mol. The normalized spacial score (nSPS) is 12.0. The van der Waals surface area contributed by atoms with E-state index in [0.717, 1.165) is 6.61 Å². The second kappa shape index (κ2) is 9.37. The first-order valence-corrected chi connectivity index (χ1v) is 12.3. The lowest BCUT2D eigenvalue weighted by molar-refractivity contribution is 0.351. The molecule has 0 radical (unpaired) electrons. The summed E-state index contributed by atoms with van der Waals surface area (Å²) in [5.41, 5.74) is -1.65. The molecule has 0 rings (SSSR count). The Balaban J connectivity index is 3.26. The zero-order chi connectivity index (χ0) is 10.9. The van der Waals surface area contributed by atoms with Crippen molar-refractivity contribution in [2.24, 2.45) is 0 Å². The molecule has 0 aliphatic carbocycles. The van der Waals surface area contributed by atoms with E-state index in [0.29, 0.717) is 0 Å². The van der Waals surface area contributed by atoms with E-state index in [4.69, 9.17) is 4.43 Å². The first-order chi connectivity index (χ1) is 6.62. The van der Waals surface area contributed by atoms with Gasteiger partial charge >= 0.3 is 5.56 Å². The average molecular weight is 346 g/mol. The van der Waals surface area contributed by atoms with Gasteiger partial charge in [-0.2, -0.15) is 0 Å². The first-order valence-electron chi connectivity index (χ1n) is 5.64. The topological polar surface area (TPSA) is 9.23 Å². The summed E-state index contributed by atoms with van der Waals surface area (Å²) < 4.78 is 5.63. The van der Waals surface area contributed by atoms with Crippen LogP contribution in [-0.4, -0.2) is 12.2 Å². The fourth-order valence-electron chi connectivity index (χ4n) is 1.39. The van der Waals surface area contributed by atoms with Gasteiger partial charge in [-0.25, -0.2) is 0 Å². The molecular formula is C10H22Br2OSi. The Bertz CT molecular complexity index is 131. The van der Waals surface area contributed by atoms with E-state index in [1.807, 2.05) is 6.92 Å². The Kier molecular flexibility index (Phi) is 10.1. The van der Waals surface area contributed by atoms with Gasteiger partial charge in [0.25, 0.3) is 0 Å². The lowest BCUT2D eigenvalue weighted by Gasteiger charge is -2.16. The van der Waals surface area contributed by atoms with Crippen molar-refractivity contribution in [2.45, 2.75) is 58.4 Å². The lowest BCUT2D eigenvalue weighted by atomic mass is 10.1. The zero-order valence-corrected chi connectivity index (χ0v) is 13.5. The smallest absolute Gasteiger partial charge is 0.336 e. The molecule has 0 saturated heterocycles. The highest BCUT2D eigenvalue weighted by atomic mass is 79.9. The molecule has 0 N–H and O–H groups in total. The molecule has 14 heavy (non-hydrogen) atoms. The number of halogens is 2. The van der Waals surface area contributed by atoms with Crippen molar-refractivity contribution < 1.29 is 4.43 Å². The van der Waals surface area contributed by atoms with Crippen LogP contribution >= 0.6 is 30.6 Å². The summed E-state index contributed by atoms with van der Waals surface area (Å²) in [5, 5.41) is 0. The lowest BCUT2D eigenvalue weighted by Crippen LogP contribution is -2.22. The van der Waals surface area contributed by atoms with Crippen LogP contribution in [0.5, 0.6) is 0 Å². The SMILES string of the molecule is CCCCCCCC[Si](Br)(Br)OCC. The molecular weight excluding hydrogens is 324 g/mol. The van der Waals surface area contributed by atoms with Crippen molar-refractivity contribution in [2.75, 3.05) is 6.61 Å². The molecule has 0 aromatic carbocycles. The van der Waals surface area contributed by atoms with E-state index in [2.05, 4.69) is 37.5 Å². The quantitative estimate of drug-likeness (QED) is 0.320. The molecule has 0 unspecified atom stereocenters. The molecule has 0 spiro atoms. The van der Waals surface area contributed by atoms with Gasteiger partial charge in [0.05, 0.1) is 0 Å². The highest BCUT2D eigenvalue weighted by Crippen LogP contribution is 2.29. The third kappa shape index (κ3) is 9.68. The van der Waals surface area contributed by atoms with Crippen LogP contribution in [0.15, 0.2) is 0 Å². The molecule has 0 bridgehead atoms. The third-order valence-corrected chi connectivity index (χ3v) is 7.58. The van der Waals surface area contributed by atoms with Gasteiger partial charge in [-0.3, -0.25) is 0 Å². The predicted octanol–water partition coefficient (Wildman–Crippen LogP) is 5.11. The van der Waals surface area contributed by atoms with Crippen molar-refractivity contribution in [1.82, 2.24) is 0 Å². The molecule has 0 heterocycles. The molecule has 4 heteroatoms. The Labute approximate surface area is 105 Å². The van der Waals surface area contributed by atoms with Crippen molar-refractivity contribution in [3.05, 3.63) is 0 Å². The first kappa shape index (κ1) is 15.1. The van der Waals surface area contributed by atoms with E-state index in [1.165, 1.54) is 44.6 Å². The highest BCUT2D eigenvalue weighted by molar-refractivity contribution is 9.50. The van der Waals surface area contributed by atoms with Gasteiger partial charge in [0.15, 0.2) is 0 Å². The number of unbranched alkanes of at least 4 members (excludes halogenated alkanes) is 5. The largest absolute Gasteiger partial charge is 0.399 e. The molecule has 0 aliphatic rings. The van der Waals surface area contributed by atoms with Gasteiger partial charge in [0.2, 0.25) is 0 Å². The highest BCUT2D eigenvalue weighted by Gasteiger charge is 2.26. The maximum atomic E-state index is 5.63. The van der Waals surface area contributed by atoms with Gasteiger partial charge in [0.1, 0.15) is 0 Å². The Morgan fingerprint density at radius 2 is 1.50 bits per heavy atom. The summed E-state index contributed by atoms with van der Waals surface area (Å²) in [5.74, 6) is 0. The molecule has 0 aromatic rings. The van der Waals surface area contributed by atoms with E-state index < -0.39 is 5.56 Å².